The maximum absolute atomic E-state index is 11.9. The zero-order chi connectivity index (χ0) is 16.4. The molecule has 0 saturated heterocycles. The first-order chi connectivity index (χ1) is 10.5. The number of hydrogen-bond acceptors (Lipinski definition) is 3. The number of nitrogens with one attached hydrogen (secondary N) is 1. The average Bonchev–Trinajstić information content (AvgIpc) is 2.56. The molecule has 0 spiro atoms. The van der Waals surface area contributed by atoms with Gasteiger partial charge in [0, 0.05) is 18.5 Å². The van der Waals surface area contributed by atoms with E-state index in [1.807, 2.05) is 24.3 Å². The highest BCUT2D eigenvalue weighted by atomic mass is 35.5. The molecule has 1 rings (SSSR count). The van der Waals surface area contributed by atoms with Crippen molar-refractivity contribution in [3.8, 4) is 5.75 Å². The Bertz CT molecular complexity index is 445. The topological polar surface area (TPSA) is 64.3 Å². The second-order valence-electron chi connectivity index (χ2n) is 5.84. The summed E-state index contributed by atoms with van der Waals surface area (Å²) in [4.78, 5) is 11.9. The lowest BCUT2D eigenvalue weighted by molar-refractivity contribution is -0.121. The summed E-state index contributed by atoms with van der Waals surface area (Å²) in [6, 6.07) is 7.96. The zero-order valence-corrected chi connectivity index (χ0v) is 15.4. The molecule has 1 aromatic carbocycles. The van der Waals surface area contributed by atoms with Crippen molar-refractivity contribution >= 4 is 18.3 Å². The summed E-state index contributed by atoms with van der Waals surface area (Å²) in [7, 11) is 0. The largest absolute Gasteiger partial charge is 0.494 e. The van der Waals surface area contributed by atoms with Crippen molar-refractivity contribution < 1.29 is 9.53 Å². The third-order valence-electron chi connectivity index (χ3n) is 4.08. The van der Waals surface area contributed by atoms with E-state index in [4.69, 9.17) is 10.5 Å². The van der Waals surface area contributed by atoms with Crippen LogP contribution in [0.15, 0.2) is 24.3 Å². The van der Waals surface area contributed by atoms with Crippen LogP contribution in [0.3, 0.4) is 0 Å². The van der Waals surface area contributed by atoms with E-state index in [1.54, 1.807) is 0 Å². The van der Waals surface area contributed by atoms with Crippen LogP contribution in [0.1, 0.15) is 52.0 Å². The summed E-state index contributed by atoms with van der Waals surface area (Å²) in [5, 5.41) is 2.95. The maximum atomic E-state index is 11.9. The normalized spacial score (nSPS) is 10.8. The maximum Gasteiger partial charge on any atom is 0.220 e. The Balaban J connectivity index is 0.00000484. The van der Waals surface area contributed by atoms with Gasteiger partial charge in [0.2, 0.25) is 5.91 Å². The Morgan fingerprint density at radius 3 is 2.30 bits per heavy atom. The number of rotatable bonds is 10. The summed E-state index contributed by atoms with van der Waals surface area (Å²) < 4.78 is 5.54. The molecule has 0 bridgehead atoms. The molecule has 0 aliphatic heterocycles. The average molecular weight is 343 g/mol. The highest BCUT2D eigenvalue weighted by Gasteiger charge is 2.20. The number of halogens is 1. The quantitative estimate of drug-likeness (QED) is 0.684. The van der Waals surface area contributed by atoms with E-state index in [0.717, 1.165) is 43.6 Å². The first kappa shape index (κ1) is 21.7. The lowest BCUT2D eigenvalue weighted by Crippen LogP contribution is -2.49. The van der Waals surface area contributed by atoms with Crippen molar-refractivity contribution in [3.63, 3.8) is 0 Å². The van der Waals surface area contributed by atoms with Crippen molar-refractivity contribution in [2.24, 2.45) is 5.73 Å². The molecule has 0 fully saturated rings. The predicted octanol–water partition coefficient (Wildman–Crippen LogP) is 3.46. The fraction of sp³-hybridized carbons (Fsp3) is 0.611. The number of amides is 1. The SMILES string of the molecule is CCCOc1ccc(CCC(=O)NCC(N)(CC)CC)cc1.Cl. The summed E-state index contributed by atoms with van der Waals surface area (Å²) >= 11 is 0. The van der Waals surface area contributed by atoms with E-state index >= 15 is 0 Å². The van der Waals surface area contributed by atoms with E-state index in [0.29, 0.717) is 13.0 Å². The smallest absolute Gasteiger partial charge is 0.220 e. The number of aryl methyl sites for hydroxylation is 1. The van der Waals surface area contributed by atoms with Gasteiger partial charge >= 0.3 is 0 Å². The molecule has 132 valence electrons. The molecule has 1 amide bonds. The summed E-state index contributed by atoms with van der Waals surface area (Å²) in [6.45, 7) is 7.47. The number of ether oxygens (including phenoxy) is 1. The van der Waals surface area contributed by atoms with Crippen molar-refractivity contribution in [1.29, 1.82) is 0 Å². The minimum atomic E-state index is -0.284. The van der Waals surface area contributed by atoms with E-state index in [1.165, 1.54) is 0 Å². The van der Waals surface area contributed by atoms with Gasteiger partial charge in [0.15, 0.2) is 0 Å². The fourth-order valence-electron chi connectivity index (χ4n) is 2.09. The highest BCUT2D eigenvalue weighted by Crippen LogP contribution is 2.14. The number of nitrogens with two attached hydrogens (primary N) is 1. The minimum Gasteiger partial charge on any atom is -0.494 e. The van der Waals surface area contributed by atoms with Crippen LogP contribution in [0, 0.1) is 0 Å². The molecule has 0 heterocycles. The monoisotopic (exact) mass is 342 g/mol. The van der Waals surface area contributed by atoms with E-state index < -0.39 is 0 Å². The van der Waals surface area contributed by atoms with Gasteiger partial charge in [-0.3, -0.25) is 4.79 Å². The first-order valence-electron chi connectivity index (χ1n) is 8.30. The molecule has 5 heteroatoms. The number of hydrogen-bond donors (Lipinski definition) is 2. The van der Waals surface area contributed by atoms with Gasteiger partial charge in [0.05, 0.1) is 6.61 Å². The Labute approximate surface area is 146 Å². The molecule has 0 saturated carbocycles. The van der Waals surface area contributed by atoms with Crippen molar-refractivity contribution in [2.45, 2.75) is 58.4 Å². The summed E-state index contributed by atoms with van der Waals surface area (Å²) in [5.74, 6) is 0.942. The zero-order valence-electron chi connectivity index (χ0n) is 14.6. The second-order valence-corrected chi connectivity index (χ2v) is 5.84. The molecule has 0 radical (unpaired) electrons. The molecule has 1 aromatic rings. The predicted molar refractivity (Wildman–Crippen MR) is 98.3 cm³/mol. The van der Waals surface area contributed by atoms with Gasteiger partial charge in [-0.05, 0) is 43.4 Å². The van der Waals surface area contributed by atoms with Crippen LogP contribution in [0.5, 0.6) is 5.75 Å². The van der Waals surface area contributed by atoms with E-state index in [-0.39, 0.29) is 23.9 Å². The minimum absolute atomic E-state index is 0. The van der Waals surface area contributed by atoms with Crippen LogP contribution in [0.25, 0.3) is 0 Å². The summed E-state index contributed by atoms with van der Waals surface area (Å²) in [6.07, 6.45) is 3.94. The molecule has 3 N–H and O–H groups in total. The lowest BCUT2D eigenvalue weighted by atomic mass is 9.94. The molecule has 0 unspecified atom stereocenters. The van der Waals surface area contributed by atoms with Gasteiger partial charge in [-0.1, -0.05) is 32.9 Å². The van der Waals surface area contributed by atoms with Gasteiger partial charge in [0.25, 0.3) is 0 Å². The van der Waals surface area contributed by atoms with E-state index in [9.17, 15) is 4.79 Å². The van der Waals surface area contributed by atoms with Gasteiger partial charge in [-0.25, -0.2) is 0 Å². The van der Waals surface area contributed by atoms with Crippen molar-refractivity contribution in [2.75, 3.05) is 13.2 Å². The molecule has 4 nitrogen and oxygen atoms in total. The number of carbonyl (C=O) groups excluding carboxylic acids is 1. The van der Waals surface area contributed by atoms with Gasteiger partial charge < -0.3 is 15.8 Å². The van der Waals surface area contributed by atoms with Crippen LogP contribution >= 0.6 is 12.4 Å². The standard InChI is InChI=1S/C18H30N2O2.ClH/c1-4-13-22-16-10-7-15(8-11-16)9-12-17(21)20-14-18(19,5-2)6-3;/h7-8,10-11H,4-6,9,12-14,19H2,1-3H3,(H,20,21);1H. The molecule has 0 aliphatic carbocycles. The van der Waals surface area contributed by atoms with Gasteiger partial charge in [0.1, 0.15) is 5.75 Å². The highest BCUT2D eigenvalue weighted by molar-refractivity contribution is 5.85. The third kappa shape index (κ3) is 8.24. The Hall–Kier alpha value is -1.26. The third-order valence-corrected chi connectivity index (χ3v) is 4.08. The Morgan fingerprint density at radius 1 is 1.17 bits per heavy atom. The Kier molecular flexibility index (Phi) is 10.7. The van der Waals surface area contributed by atoms with Gasteiger partial charge in [-0.2, -0.15) is 0 Å². The van der Waals surface area contributed by atoms with Crippen LogP contribution < -0.4 is 15.8 Å². The number of carbonyl (C=O) groups is 1. The van der Waals surface area contributed by atoms with E-state index in [2.05, 4.69) is 26.1 Å². The van der Waals surface area contributed by atoms with Crippen molar-refractivity contribution in [3.05, 3.63) is 29.8 Å². The second kappa shape index (κ2) is 11.3. The van der Waals surface area contributed by atoms with Crippen LogP contribution in [-0.2, 0) is 11.2 Å². The van der Waals surface area contributed by atoms with Crippen LogP contribution in [0.2, 0.25) is 0 Å². The van der Waals surface area contributed by atoms with Gasteiger partial charge in [-0.15, -0.1) is 12.4 Å². The molecular weight excluding hydrogens is 312 g/mol. The fourth-order valence-corrected chi connectivity index (χ4v) is 2.09. The molecule has 0 aliphatic rings. The van der Waals surface area contributed by atoms with Crippen molar-refractivity contribution in [1.82, 2.24) is 5.32 Å². The molecule has 0 aromatic heterocycles. The molecule has 23 heavy (non-hydrogen) atoms. The lowest BCUT2D eigenvalue weighted by Gasteiger charge is -2.26. The molecular formula is C18H31ClN2O2. The number of benzene rings is 1. The van der Waals surface area contributed by atoms with Crippen LogP contribution in [-0.4, -0.2) is 24.6 Å². The van der Waals surface area contributed by atoms with Crippen LogP contribution in [0.4, 0.5) is 0 Å². The summed E-state index contributed by atoms with van der Waals surface area (Å²) in [5.41, 5.74) is 7.04. The first-order valence-corrected chi connectivity index (χ1v) is 8.30. The molecule has 0 atom stereocenters. The Morgan fingerprint density at radius 2 is 1.78 bits per heavy atom.